The topological polar surface area (TPSA) is 57.5 Å². The summed E-state index contributed by atoms with van der Waals surface area (Å²) in [5, 5.41) is 7.53. The van der Waals surface area contributed by atoms with Crippen LogP contribution in [0.25, 0.3) is 0 Å². The van der Waals surface area contributed by atoms with Crippen molar-refractivity contribution in [3.05, 3.63) is 0 Å². The van der Waals surface area contributed by atoms with Crippen LogP contribution in [0.3, 0.4) is 0 Å². The average molecular weight is 92.1 g/mol. The van der Waals surface area contributed by atoms with Gasteiger partial charge < -0.3 is 9.90 Å². The minimum Gasteiger partial charge on any atom is -0.484 e. The lowest BCUT2D eigenvalue weighted by Gasteiger charge is -1.70. The quantitative estimate of drug-likeness (QED) is 0.397. The SMILES string of the molecule is O=C(O)[SiH2]O. The van der Waals surface area contributed by atoms with Gasteiger partial charge in [-0.2, -0.15) is 0 Å². The maximum absolute atomic E-state index is 9.18. The predicted octanol–water partition coefficient (Wildman–Crippen LogP) is -1.26. The second-order valence-electron chi connectivity index (χ2n) is 0.552. The molecule has 0 unspecified atom stereocenters. The van der Waals surface area contributed by atoms with Gasteiger partial charge in [0, 0.05) is 0 Å². The fourth-order valence-corrected chi connectivity index (χ4v) is 0. The van der Waals surface area contributed by atoms with Crippen LogP contribution in [0.2, 0.25) is 0 Å². The maximum atomic E-state index is 9.18. The molecular weight excluding hydrogens is 88.1 g/mol. The number of hydrogen-bond donors (Lipinski definition) is 2. The summed E-state index contributed by atoms with van der Waals surface area (Å²) in [4.78, 5) is 16.9. The van der Waals surface area contributed by atoms with E-state index in [2.05, 4.69) is 0 Å². The second-order valence-corrected chi connectivity index (χ2v) is 1.47. The highest BCUT2D eigenvalue weighted by atomic mass is 28.2. The van der Waals surface area contributed by atoms with Crippen LogP contribution in [0.15, 0.2) is 0 Å². The Hall–Kier alpha value is -0.353. The van der Waals surface area contributed by atoms with Gasteiger partial charge in [0.25, 0.3) is 15.4 Å². The lowest BCUT2D eigenvalue weighted by atomic mass is 11.6. The van der Waals surface area contributed by atoms with E-state index in [1.54, 1.807) is 0 Å². The van der Waals surface area contributed by atoms with Crippen LogP contribution in [0.1, 0.15) is 0 Å². The Labute approximate surface area is 31.2 Å². The monoisotopic (exact) mass is 92.0 g/mol. The van der Waals surface area contributed by atoms with Gasteiger partial charge in [0.1, 0.15) is 0 Å². The molecule has 0 radical (unpaired) electrons. The van der Waals surface area contributed by atoms with Gasteiger partial charge in [0.2, 0.25) is 0 Å². The predicted molar refractivity (Wildman–Crippen MR) is 18.8 cm³/mol. The van der Waals surface area contributed by atoms with E-state index in [1.807, 2.05) is 0 Å². The van der Waals surface area contributed by atoms with Crippen molar-refractivity contribution in [3.8, 4) is 0 Å². The summed E-state index contributed by atoms with van der Waals surface area (Å²) in [6.45, 7) is 0. The molecule has 30 valence electrons. The molecule has 0 rings (SSSR count). The van der Waals surface area contributed by atoms with Crippen LogP contribution in [-0.2, 0) is 0 Å². The van der Waals surface area contributed by atoms with E-state index in [1.165, 1.54) is 0 Å². The summed E-state index contributed by atoms with van der Waals surface area (Å²) in [6, 6.07) is 0. The van der Waals surface area contributed by atoms with E-state index in [4.69, 9.17) is 9.90 Å². The summed E-state index contributed by atoms with van der Waals surface area (Å²) in [5.74, 6) is 0. The smallest absolute Gasteiger partial charge is 0.293 e. The third-order valence-corrected chi connectivity index (χ3v) is 0.406. The van der Waals surface area contributed by atoms with Crippen molar-refractivity contribution in [3.63, 3.8) is 0 Å². The van der Waals surface area contributed by atoms with Gasteiger partial charge in [-0.3, -0.25) is 4.79 Å². The zero-order valence-corrected chi connectivity index (χ0v) is 3.92. The molecule has 0 aliphatic carbocycles. The summed E-state index contributed by atoms with van der Waals surface area (Å²) in [5.41, 5.74) is -1.05. The summed E-state index contributed by atoms with van der Waals surface area (Å²) in [6.07, 6.45) is 0. The Morgan fingerprint density at radius 2 is 2.00 bits per heavy atom. The molecule has 2 N–H and O–H groups in total. The van der Waals surface area contributed by atoms with Crippen LogP contribution >= 0.6 is 0 Å². The number of hydrogen-bond acceptors (Lipinski definition) is 2. The summed E-state index contributed by atoms with van der Waals surface area (Å²) < 4.78 is 0. The van der Waals surface area contributed by atoms with Gasteiger partial charge in [-0.25, -0.2) is 0 Å². The molecule has 0 saturated carbocycles. The molecule has 0 heterocycles. The normalized spacial score (nSPS) is 9.80. The molecule has 0 fully saturated rings. The molecule has 5 heavy (non-hydrogen) atoms. The van der Waals surface area contributed by atoms with Gasteiger partial charge in [-0.05, 0) is 0 Å². The summed E-state index contributed by atoms with van der Waals surface area (Å²) >= 11 is 0. The number of carbonyl (C=O) groups is 1. The highest BCUT2D eigenvalue weighted by Gasteiger charge is 1.85. The first kappa shape index (κ1) is 4.65. The Kier molecular flexibility index (Phi) is 1.79. The van der Waals surface area contributed by atoms with Crippen LogP contribution in [-0.4, -0.2) is 25.3 Å². The van der Waals surface area contributed by atoms with Crippen molar-refractivity contribution >= 4 is 15.4 Å². The molecule has 0 amide bonds. The Balaban J connectivity index is 2.85. The zero-order chi connectivity index (χ0) is 4.28. The second kappa shape index (κ2) is 1.92. The molecule has 0 aliphatic rings. The fourth-order valence-electron chi connectivity index (χ4n) is 0. The Bertz CT molecular complexity index is 42.2. The Morgan fingerprint density at radius 1 is 1.80 bits per heavy atom. The third-order valence-electron chi connectivity index (χ3n) is 0.135. The van der Waals surface area contributed by atoms with Gasteiger partial charge in [0.15, 0.2) is 0 Å². The van der Waals surface area contributed by atoms with E-state index in [-0.39, 0.29) is 0 Å². The molecule has 0 aromatic carbocycles. The standard InChI is InChI=1S/CH4O3Si/c2-1(3)5-4/h4H,5H2,(H,2,3). The third kappa shape index (κ3) is 3.65. The molecule has 0 saturated heterocycles. The summed E-state index contributed by atoms with van der Waals surface area (Å²) in [7, 11) is -1.73. The van der Waals surface area contributed by atoms with Crippen LogP contribution in [0, 0.1) is 0 Å². The molecule has 0 aromatic heterocycles. The van der Waals surface area contributed by atoms with E-state index >= 15 is 0 Å². The van der Waals surface area contributed by atoms with Gasteiger partial charge >= 0.3 is 0 Å². The first-order chi connectivity index (χ1) is 2.27. The number of carboxylic acid groups (broad SMARTS) is 1. The molecule has 0 aliphatic heterocycles. The highest BCUT2D eigenvalue weighted by Crippen LogP contribution is 1.51. The van der Waals surface area contributed by atoms with Gasteiger partial charge in [-0.15, -0.1) is 0 Å². The van der Waals surface area contributed by atoms with Crippen molar-refractivity contribution in [1.29, 1.82) is 0 Å². The lowest BCUT2D eigenvalue weighted by molar-refractivity contribution is 0.217. The van der Waals surface area contributed by atoms with Crippen LogP contribution in [0.4, 0.5) is 4.79 Å². The van der Waals surface area contributed by atoms with Crippen LogP contribution < -0.4 is 0 Å². The molecule has 3 nitrogen and oxygen atoms in total. The zero-order valence-electron chi connectivity index (χ0n) is 2.51. The van der Waals surface area contributed by atoms with Crippen molar-refractivity contribution in [2.75, 3.05) is 0 Å². The van der Waals surface area contributed by atoms with Gasteiger partial charge in [-0.1, -0.05) is 0 Å². The minimum absolute atomic E-state index is 1.05. The molecule has 0 aromatic rings. The first-order valence-electron chi connectivity index (χ1n) is 1.10. The van der Waals surface area contributed by atoms with Gasteiger partial charge in [0.05, 0.1) is 0 Å². The van der Waals surface area contributed by atoms with Crippen molar-refractivity contribution < 1.29 is 14.7 Å². The van der Waals surface area contributed by atoms with Crippen molar-refractivity contribution in [2.45, 2.75) is 0 Å². The largest absolute Gasteiger partial charge is 0.484 e. The van der Waals surface area contributed by atoms with E-state index in [9.17, 15) is 4.79 Å². The minimum atomic E-state index is -1.73. The van der Waals surface area contributed by atoms with Crippen molar-refractivity contribution in [1.82, 2.24) is 0 Å². The number of rotatable bonds is 1. The molecular formula is CH4O3Si. The Morgan fingerprint density at radius 3 is 2.00 bits per heavy atom. The van der Waals surface area contributed by atoms with E-state index in [0.29, 0.717) is 0 Å². The van der Waals surface area contributed by atoms with E-state index < -0.39 is 15.4 Å². The molecule has 0 bridgehead atoms. The highest BCUT2D eigenvalue weighted by molar-refractivity contribution is 6.65. The van der Waals surface area contributed by atoms with E-state index in [0.717, 1.165) is 0 Å². The van der Waals surface area contributed by atoms with Crippen LogP contribution in [0.5, 0.6) is 0 Å². The first-order valence-corrected chi connectivity index (χ1v) is 2.44. The lowest BCUT2D eigenvalue weighted by Crippen LogP contribution is -2.01. The molecule has 0 atom stereocenters. The molecule has 0 spiro atoms. The average Bonchev–Trinajstić information content (AvgIpc) is 1.38. The van der Waals surface area contributed by atoms with Crippen molar-refractivity contribution in [2.24, 2.45) is 0 Å². The molecule has 4 heteroatoms. The fraction of sp³-hybridized carbons (Fsp3) is 0. The maximum Gasteiger partial charge on any atom is 0.293 e.